The van der Waals surface area contributed by atoms with E-state index in [0.717, 1.165) is 21.6 Å². The molecule has 2 N–H and O–H groups in total. The largest absolute Gasteiger partial charge is 0.508 e. The Bertz CT molecular complexity index is 1540. The number of unbranched alkanes of at least 4 members (excludes halogenated alkanes) is 1. The van der Waals surface area contributed by atoms with E-state index in [1.165, 1.54) is 7.11 Å². The molecule has 0 aliphatic carbocycles. The molecule has 0 saturated carbocycles. The number of carbonyl (C=O) groups is 3. The number of rotatable bonds is 13. The van der Waals surface area contributed by atoms with Crippen LogP contribution in [0.5, 0.6) is 17.2 Å². The molecular weight excluding hydrogens is 667 g/mol. The predicted octanol–water partition coefficient (Wildman–Crippen LogP) is 7.37. The molecule has 2 aromatic carbocycles. The van der Waals surface area contributed by atoms with Crippen molar-refractivity contribution >= 4 is 25.5 Å². The highest BCUT2D eigenvalue weighted by Crippen LogP contribution is 2.63. The zero-order chi connectivity index (χ0) is 37.5. The topological polar surface area (TPSA) is 161 Å². The normalized spacial score (nSPS) is 19.8. The second-order valence-corrected chi connectivity index (χ2v) is 17.3. The van der Waals surface area contributed by atoms with E-state index in [1.807, 2.05) is 11.0 Å². The van der Waals surface area contributed by atoms with Gasteiger partial charge >= 0.3 is 18.2 Å². The molecule has 1 fully saturated rings. The van der Waals surface area contributed by atoms with Crippen molar-refractivity contribution in [1.29, 1.82) is 0 Å². The van der Waals surface area contributed by atoms with Crippen molar-refractivity contribution in [3.05, 3.63) is 42.0 Å². The van der Waals surface area contributed by atoms with Gasteiger partial charge in [-0.2, -0.15) is 0 Å². The van der Waals surface area contributed by atoms with Crippen LogP contribution in [-0.4, -0.2) is 101 Å². The fourth-order valence-corrected chi connectivity index (χ4v) is 8.91. The number of aliphatic carboxylic acids is 1. The lowest BCUT2D eigenvalue weighted by molar-refractivity contribution is -0.141. The van der Waals surface area contributed by atoms with E-state index >= 15 is 0 Å². The minimum absolute atomic E-state index is 0.0231. The molecule has 1 aliphatic rings. The van der Waals surface area contributed by atoms with Gasteiger partial charge in [0.15, 0.2) is 16.7 Å². The minimum atomic E-state index is -3.72. The highest BCUT2D eigenvalue weighted by Gasteiger charge is 2.58. The van der Waals surface area contributed by atoms with Gasteiger partial charge in [-0.05, 0) is 109 Å². The Balaban J connectivity index is 1.89. The van der Waals surface area contributed by atoms with E-state index in [9.17, 15) is 29.2 Å². The quantitative estimate of drug-likeness (QED) is 0.156. The zero-order valence-electron chi connectivity index (χ0n) is 30.7. The number of carbonyl (C=O) groups excluding carboxylic acids is 2. The maximum atomic E-state index is 14.4. The van der Waals surface area contributed by atoms with Crippen molar-refractivity contribution in [2.24, 2.45) is 0 Å². The summed E-state index contributed by atoms with van der Waals surface area (Å²) in [6, 6.07) is 10.4. The first-order valence-corrected chi connectivity index (χ1v) is 18.6. The van der Waals surface area contributed by atoms with Gasteiger partial charge in [-0.3, -0.25) is 14.3 Å². The van der Waals surface area contributed by atoms with Gasteiger partial charge < -0.3 is 33.7 Å². The predicted molar refractivity (Wildman–Crippen MR) is 189 cm³/mol. The first-order valence-electron chi connectivity index (χ1n) is 16.8. The SMILES string of the molecule is CCOP1(=O)CCN(Cc2ccc(O)cc2-c2ccc(OC)c(OC)c2)C[C@@]1(CCCCN(C(=O)OC(C)(C)C)C(=O)OC(C)(C)C)C(=O)O. The van der Waals surface area contributed by atoms with Crippen LogP contribution in [0.25, 0.3) is 11.1 Å². The van der Waals surface area contributed by atoms with Crippen LogP contribution in [0.3, 0.4) is 0 Å². The van der Waals surface area contributed by atoms with E-state index in [2.05, 4.69) is 0 Å². The van der Waals surface area contributed by atoms with Crippen LogP contribution >= 0.6 is 7.37 Å². The van der Waals surface area contributed by atoms with Gasteiger partial charge in [-0.1, -0.05) is 12.1 Å². The van der Waals surface area contributed by atoms with E-state index in [1.54, 1.807) is 85.9 Å². The fraction of sp³-hybridized carbons (Fsp3) is 0.583. The Morgan fingerprint density at radius 3 is 2.08 bits per heavy atom. The zero-order valence-corrected chi connectivity index (χ0v) is 31.6. The minimum Gasteiger partial charge on any atom is -0.508 e. The second-order valence-electron chi connectivity index (χ2n) is 14.3. The Hall–Kier alpha value is -3.80. The molecule has 2 aromatic rings. The highest BCUT2D eigenvalue weighted by molar-refractivity contribution is 7.62. The van der Waals surface area contributed by atoms with Gasteiger partial charge in [0, 0.05) is 32.3 Å². The number of phenols is 1. The average molecular weight is 721 g/mol. The molecule has 1 saturated heterocycles. The second kappa shape index (κ2) is 16.5. The van der Waals surface area contributed by atoms with Gasteiger partial charge in [-0.15, -0.1) is 0 Å². The number of nitrogens with zero attached hydrogens (tertiary/aromatic N) is 2. The van der Waals surface area contributed by atoms with Crippen molar-refractivity contribution in [1.82, 2.24) is 9.80 Å². The van der Waals surface area contributed by atoms with Gasteiger partial charge in [-0.25, -0.2) is 14.5 Å². The summed E-state index contributed by atoms with van der Waals surface area (Å²) in [5.74, 6) is -0.116. The van der Waals surface area contributed by atoms with E-state index in [-0.39, 0.29) is 50.9 Å². The van der Waals surface area contributed by atoms with Crippen molar-refractivity contribution in [2.45, 2.75) is 90.6 Å². The number of aromatic hydroxyl groups is 1. The number of carboxylic acid groups (broad SMARTS) is 1. The first-order chi connectivity index (χ1) is 23.3. The molecule has 2 amide bonds. The number of hydrogen-bond donors (Lipinski definition) is 2. The molecule has 1 aliphatic heterocycles. The number of carboxylic acids is 1. The van der Waals surface area contributed by atoms with Gasteiger partial charge in [0.2, 0.25) is 7.37 Å². The van der Waals surface area contributed by atoms with E-state index in [4.69, 9.17) is 23.5 Å². The number of ether oxygens (including phenoxy) is 4. The average Bonchev–Trinajstić information content (AvgIpc) is 3.01. The monoisotopic (exact) mass is 720 g/mol. The Morgan fingerprint density at radius 2 is 1.54 bits per heavy atom. The summed E-state index contributed by atoms with van der Waals surface area (Å²) in [6.07, 6.45) is -1.31. The third kappa shape index (κ3) is 10.1. The van der Waals surface area contributed by atoms with Crippen LogP contribution in [0.1, 0.15) is 73.3 Å². The number of amides is 2. The van der Waals surface area contributed by atoms with Crippen LogP contribution in [-0.2, 0) is 29.9 Å². The number of phenolic OH excluding ortho intramolecular Hbond substituents is 1. The van der Waals surface area contributed by atoms with Crippen molar-refractivity contribution < 1.29 is 52.6 Å². The van der Waals surface area contributed by atoms with Gasteiger partial charge in [0.25, 0.3) is 0 Å². The molecule has 0 aromatic heterocycles. The van der Waals surface area contributed by atoms with E-state index < -0.39 is 41.9 Å². The molecule has 0 radical (unpaired) electrons. The number of methoxy groups -OCH3 is 2. The van der Waals surface area contributed by atoms with Crippen LogP contribution < -0.4 is 9.47 Å². The summed E-state index contributed by atoms with van der Waals surface area (Å²) in [6.45, 7) is 12.3. The maximum Gasteiger partial charge on any atom is 0.419 e. The summed E-state index contributed by atoms with van der Waals surface area (Å²) in [5.41, 5.74) is 0.561. The third-order valence-corrected chi connectivity index (χ3v) is 11.5. The molecule has 0 bridgehead atoms. The lowest BCUT2D eigenvalue weighted by atomic mass is 9.96. The number of benzene rings is 2. The van der Waals surface area contributed by atoms with Crippen molar-refractivity contribution in [3.63, 3.8) is 0 Å². The third-order valence-electron chi connectivity index (χ3n) is 8.22. The van der Waals surface area contributed by atoms with Gasteiger partial charge in [0.1, 0.15) is 17.0 Å². The molecule has 2 atom stereocenters. The standard InChI is InChI=1S/C36H53N2O11P/c1-10-47-50(44)20-19-37(23-26-13-15-27(39)22-28(26)25-14-16-29(45-8)30(21-25)46-9)24-36(50,31(40)41)17-11-12-18-38(32(42)48-34(2,3)4)33(43)49-35(5,6)7/h13-16,21-22,39H,10-12,17-20,23-24H2,1-9H3,(H,40,41)/t36-,50?/m0/s1. The molecule has 50 heavy (non-hydrogen) atoms. The first kappa shape index (κ1) is 40.6. The molecule has 1 unspecified atom stereocenters. The van der Waals surface area contributed by atoms with E-state index in [0.29, 0.717) is 24.6 Å². The van der Waals surface area contributed by atoms with Crippen LogP contribution in [0.15, 0.2) is 36.4 Å². The summed E-state index contributed by atoms with van der Waals surface area (Å²) in [5, 5.41) is 19.4. The summed E-state index contributed by atoms with van der Waals surface area (Å²) < 4.78 is 41.9. The van der Waals surface area contributed by atoms with Crippen LogP contribution in [0.4, 0.5) is 9.59 Å². The molecule has 14 heteroatoms. The maximum absolute atomic E-state index is 14.4. The Labute approximate surface area is 295 Å². The smallest absolute Gasteiger partial charge is 0.419 e. The fourth-order valence-electron chi connectivity index (χ4n) is 5.94. The summed E-state index contributed by atoms with van der Waals surface area (Å²) in [4.78, 5) is 42.0. The lowest BCUT2D eigenvalue weighted by Gasteiger charge is -2.45. The molecule has 278 valence electrons. The molecule has 1 heterocycles. The Kier molecular flexibility index (Phi) is 13.4. The molecule has 0 spiro atoms. The summed E-state index contributed by atoms with van der Waals surface area (Å²) in [7, 11) is -0.638. The van der Waals surface area contributed by atoms with Crippen molar-refractivity contribution in [3.8, 4) is 28.4 Å². The molecule has 13 nitrogen and oxygen atoms in total. The van der Waals surface area contributed by atoms with Crippen LogP contribution in [0.2, 0.25) is 0 Å². The lowest BCUT2D eigenvalue weighted by Crippen LogP contribution is -2.54. The van der Waals surface area contributed by atoms with Crippen molar-refractivity contribution in [2.75, 3.05) is 46.6 Å². The number of hydrogen-bond acceptors (Lipinski definition) is 11. The molecular formula is C36H53N2O11P. The number of imide groups is 1. The Morgan fingerprint density at radius 1 is 0.920 bits per heavy atom. The highest BCUT2D eigenvalue weighted by atomic mass is 31.2. The van der Waals surface area contributed by atoms with Crippen LogP contribution in [0, 0.1) is 0 Å². The molecule has 3 rings (SSSR count). The summed E-state index contributed by atoms with van der Waals surface area (Å²) >= 11 is 0. The van der Waals surface area contributed by atoms with Gasteiger partial charge in [0.05, 0.1) is 20.8 Å².